The molecular formula is C44H32N6Na2O6S2+2. The monoisotopic (exact) mass is 850 g/mol. The molecule has 9 rings (SSSR count). The second-order valence-electron chi connectivity index (χ2n) is 13.8. The third-order valence-electron chi connectivity index (χ3n) is 10.2. The molecule has 3 aromatic heterocycles. The van der Waals surface area contributed by atoms with Crippen LogP contribution in [-0.2, 0) is 20.2 Å². The van der Waals surface area contributed by atoms with Gasteiger partial charge in [-0.2, -0.15) is 0 Å². The van der Waals surface area contributed by atoms with Crippen molar-refractivity contribution in [1.29, 1.82) is 0 Å². The van der Waals surface area contributed by atoms with Crippen molar-refractivity contribution in [2.45, 2.75) is 9.79 Å². The standard InChI is InChI=1S/C44H32N6O6S2.2Na/c45-29-9-1-25(2-10-29)41-33-17-21-37(47-33)43(27-5-13-31(14-6-27)57(51,52)53)39-23-19-35(49-39)42(26-3-11-30(46)12-4-26)36-20-24-40(50-36)44(38-22-18-34(41)48-38)28-7-15-32(16-8-28)58(54,55)56;;/h1-24,47,50H,45-46H2,(H,51,52,53)(H,54,55,56);;/q;2*+1. The quantitative estimate of drug-likeness (QED) is 0.108. The predicted octanol–water partition coefficient (Wildman–Crippen LogP) is 1.14. The molecule has 16 heteroatoms. The summed E-state index contributed by atoms with van der Waals surface area (Å²) in [4.78, 5) is 13.8. The van der Waals surface area contributed by atoms with Crippen LogP contribution in [0.3, 0.4) is 0 Å². The molecule has 12 nitrogen and oxygen atoms in total. The summed E-state index contributed by atoms with van der Waals surface area (Å²) in [6, 6.07) is 34.4. The normalized spacial score (nSPS) is 12.2. The fourth-order valence-electron chi connectivity index (χ4n) is 7.45. The third-order valence-corrected chi connectivity index (χ3v) is 11.9. The van der Waals surface area contributed by atoms with E-state index in [9.17, 15) is 25.9 Å². The SMILES string of the molecule is Nc1ccc(-c2c3[nH+]c(c(-c4ccc(S(=O)(=O)[O-])cc4)c4ccc([nH]4)c(-c4ccc(N)cc4)c4[nH+]c(c(-c5ccc(S(=O)(=O)[O-])cc5)c5ccc2[nH]5)C=C4)C=C3)cc1.[Na+].[Na+]. The topological polar surface area (TPSA) is 226 Å². The molecular weight excluding hydrogens is 819 g/mol. The Bertz CT molecular complexity index is 3050. The van der Waals surface area contributed by atoms with Crippen molar-refractivity contribution in [2.75, 3.05) is 11.5 Å². The zero-order valence-corrected chi connectivity index (χ0v) is 37.9. The van der Waals surface area contributed by atoms with E-state index in [4.69, 9.17) is 11.5 Å². The number of rotatable bonds is 6. The first-order chi connectivity index (χ1) is 27.8. The van der Waals surface area contributed by atoms with E-state index in [1.807, 2.05) is 97.1 Å². The van der Waals surface area contributed by atoms with E-state index in [1.165, 1.54) is 24.3 Å². The molecule has 0 radical (unpaired) electrons. The Balaban J connectivity index is 0.00000272. The average Bonchev–Trinajstić information content (AvgIpc) is 4.04. The molecule has 60 heavy (non-hydrogen) atoms. The number of hydrogen-bond acceptors (Lipinski definition) is 8. The molecule has 0 saturated heterocycles. The second kappa shape index (κ2) is 16.7. The van der Waals surface area contributed by atoms with E-state index in [0.29, 0.717) is 56.0 Å². The van der Waals surface area contributed by atoms with E-state index in [0.717, 1.165) is 44.7 Å². The summed E-state index contributed by atoms with van der Waals surface area (Å²) in [7, 11) is -9.36. The Labute approximate surface area is 389 Å². The Morgan fingerprint density at radius 1 is 0.383 bits per heavy atom. The number of anilines is 2. The third kappa shape index (κ3) is 8.32. The van der Waals surface area contributed by atoms with E-state index < -0.39 is 20.2 Å². The first kappa shape index (κ1) is 43.0. The molecule has 0 fully saturated rings. The van der Waals surface area contributed by atoms with Gasteiger partial charge < -0.3 is 30.5 Å². The fraction of sp³-hybridized carbons (Fsp3) is 0. The number of benzene rings is 4. The fourth-order valence-corrected chi connectivity index (χ4v) is 8.39. The van der Waals surface area contributed by atoms with E-state index in [1.54, 1.807) is 24.3 Å². The molecule has 0 saturated carbocycles. The van der Waals surface area contributed by atoms with Crippen molar-refractivity contribution in [3.8, 4) is 44.5 Å². The molecule has 0 unspecified atom stereocenters. The van der Waals surface area contributed by atoms with E-state index in [-0.39, 0.29) is 68.9 Å². The largest absolute Gasteiger partial charge is 1.00 e. The van der Waals surface area contributed by atoms with Gasteiger partial charge in [0.15, 0.2) is 0 Å². The summed E-state index contributed by atoms with van der Waals surface area (Å²) in [6.45, 7) is 0. The van der Waals surface area contributed by atoms with Crippen LogP contribution in [0.2, 0.25) is 0 Å². The second-order valence-corrected chi connectivity index (χ2v) is 16.6. The molecule has 8 N–H and O–H groups in total. The molecule has 0 amide bonds. The zero-order valence-electron chi connectivity index (χ0n) is 32.3. The molecule has 0 atom stereocenters. The molecule has 8 bridgehead atoms. The Kier molecular flexibility index (Phi) is 12.0. The minimum Gasteiger partial charge on any atom is -0.744 e. The maximum Gasteiger partial charge on any atom is 1.00 e. The van der Waals surface area contributed by atoms with Crippen molar-refractivity contribution >= 4 is 78.0 Å². The van der Waals surface area contributed by atoms with Crippen LogP contribution in [0.25, 0.3) is 90.9 Å². The predicted molar refractivity (Wildman–Crippen MR) is 223 cm³/mol. The van der Waals surface area contributed by atoms with Gasteiger partial charge >= 0.3 is 59.1 Å². The number of aromatic nitrogens is 4. The summed E-state index contributed by atoms with van der Waals surface area (Å²) in [5, 5.41) is 0. The number of hydrogen-bond donors (Lipinski definition) is 4. The molecule has 2 aliphatic heterocycles. The van der Waals surface area contributed by atoms with Crippen molar-refractivity contribution in [1.82, 2.24) is 9.97 Å². The number of H-pyrrole nitrogens is 4. The van der Waals surface area contributed by atoms with Crippen molar-refractivity contribution < 1.29 is 95.0 Å². The van der Waals surface area contributed by atoms with Gasteiger partial charge in [-0.3, -0.25) is 0 Å². The zero-order chi connectivity index (χ0) is 40.3. The van der Waals surface area contributed by atoms with Crippen LogP contribution in [-0.4, -0.2) is 35.9 Å². The number of aromatic amines is 4. The molecule has 2 aliphatic rings. The van der Waals surface area contributed by atoms with E-state index >= 15 is 0 Å². The first-order valence-corrected chi connectivity index (χ1v) is 20.7. The average molecular weight is 851 g/mol. The van der Waals surface area contributed by atoms with Gasteiger partial charge in [0.1, 0.15) is 20.2 Å². The summed E-state index contributed by atoms with van der Waals surface area (Å²) in [5.74, 6) is 0. The van der Waals surface area contributed by atoms with Gasteiger partial charge in [-0.15, -0.1) is 0 Å². The minimum atomic E-state index is -4.68. The molecule has 7 aromatic rings. The van der Waals surface area contributed by atoms with Gasteiger partial charge in [0, 0.05) is 35.7 Å². The molecule has 0 aliphatic carbocycles. The van der Waals surface area contributed by atoms with Crippen LogP contribution in [0.4, 0.5) is 11.4 Å². The molecule has 286 valence electrons. The summed E-state index contributed by atoms with van der Waals surface area (Å²) in [5.41, 5.74) is 25.2. The van der Waals surface area contributed by atoms with Crippen LogP contribution in [0.1, 0.15) is 22.8 Å². The van der Waals surface area contributed by atoms with Gasteiger partial charge in [0.05, 0.1) is 54.1 Å². The van der Waals surface area contributed by atoms with Crippen LogP contribution in [0.5, 0.6) is 0 Å². The van der Waals surface area contributed by atoms with Gasteiger partial charge in [0.2, 0.25) is 22.8 Å². The number of nitrogens with two attached hydrogens (primary N) is 2. The Morgan fingerprint density at radius 3 is 0.850 bits per heavy atom. The van der Waals surface area contributed by atoms with Crippen LogP contribution >= 0.6 is 0 Å². The summed E-state index contributed by atoms with van der Waals surface area (Å²) >= 11 is 0. The van der Waals surface area contributed by atoms with Gasteiger partial charge in [-0.1, -0.05) is 48.5 Å². The smallest absolute Gasteiger partial charge is 0.744 e. The number of fused-ring (bicyclic) bond motifs is 8. The van der Waals surface area contributed by atoms with Crippen molar-refractivity contribution in [3.05, 3.63) is 144 Å². The van der Waals surface area contributed by atoms with Crippen LogP contribution in [0, 0.1) is 0 Å². The maximum atomic E-state index is 11.9. The summed E-state index contributed by atoms with van der Waals surface area (Å²) < 4.78 is 71.3. The maximum absolute atomic E-state index is 11.9. The minimum absolute atomic E-state index is 0. The molecule has 5 heterocycles. The number of nitrogen functional groups attached to an aromatic ring is 2. The van der Waals surface area contributed by atoms with Gasteiger partial charge in [-0.05, 0) is 95.1 Å². The van der Waals surface area contributed by atoms with Crippen LogP contribution < -0.4 is 80.5 Å². The van der Waals surface area contributed by atoms with Crippen LogP contribution in [0.15, 0.2) is 131 Å². The van der Waals surface area contributed by atoms with E-state index in [2.05, 4.69) is 19.9 Å². The first-order valence-electron chi connectivity index (χ1n) is 17.9. The Hall–Kier alpha value is -5.10. The number of nitrogens with one attached hydrogen (secondary N) is 4. The van der Waals surface area contributed by atoms with Gasteiger partial charge in [-0.25, -0.2) is 26.8 Å². The van der Waals surface area contributed by atoms with Crippen molar-refractivity contribution in [2.24, 2.45) is 0 Å². The molecule has 4 aromatic carbocycles. The Morgan fingerprint density at radius 2 is 0.617 bits per heavy atom. The molecule has 0 spiro atoms. The van der Waals surface area contributed by atoms with Gasteiger partial charge in [0.25, 0.3) is 0 Å². The summed E-state index contributed by atoms with van der Waals surface area (Å²) in [6.07, 6.45) is 7.78. The van der Waals surface area contributed by atoms with Crippen molar-refractivity contribution in [3.63, 3.8) is 0 Å².